The van der Waals surface area contributed by atoms with Gasteiger partial charge in [-0.15, -0.1) is 0 Å². The van der Waals surface area contributed by atoms with E-state index in [1.807, 2.05) is 24.3 Å². The van der Waals surface area contributed by atoms with E-state index in [-0.39, 0.29) is 78.1 Å². The summed E-state index contributed by atoms with van der Waals surface area (Å²) in [6.45, 7) is 10.7. The molecule has 1 aromatic heterocycles. The fourth-order valence-electron chi connectivity index (χ4n) is 7.42. The molecule has 0 spiro atoms. The summed E-state index contributed by atoms with van der Waals surface area (Å²) in [5.74, 6) is -5.10. The lowest BCUT2D eigenvalue weighted by atomic mass is 9.86. The van der Waals surface area contributed by atoms with Gasteiger partial charge in [-0.2, -0.15) is 5.26 Å². The van der Waals surface area contributed by atoms with Crippen molar-refractivity contribution < 1.29 is 38.2 Å². The van der Waals surface area contributed by atoms with Crippen LogP contribution in [0, 0.1) is 31.0 Å². The number of aromatic nitrogens is 2. The number of rotatable bonds is 12. The molecule has 5 rings (SSSR count). The van der Waals surface area contributed by atoms with Crippen molar-refractivity contribution in [2.75, 3.05) is 33.3 Å². The number of benzene rings is 3. The molecular formula is C46H55FN10O7. The Morgan fingerprint density at radius 2 is 1.67 bits per heavy atom. The maximum Gasteiger partial charge on any atom is 0.255 e. The third-order valence-electron chi connectivity index (χ3n) is 10.8. The van der Waals surface area contributed by atoms with Gasteiger partial charge in [-0.3, -0.25) is 24.0 Å². The van der Waals surface area contributed by atoms with E-state index in [1.165, 1.54) is 38.2 Å². The molecule has 17 nitrogen and oxygen atoms in total. The second-order valence-corrected chi connectivity index (χ2v) is 16.6. The highest BCUT2D eigenvalue weighted by Crippen LogP contribution is 2.41. The van der Waals surface area contributed by atoms with E-state index in [9.17, 15) is 29.1 Å². The summed E-state index contributed by atoms with van der Waals surface area (Å²) >= 11 is 0. The van der Waals surface area contributed by atoms with E-state index in [2.05, 4.69) is 52.0 Å². The number of aryl methyl sites for hydroxylation is 2. The van der Waals surface area contributed by atoms with Crippen LogP contribution in [0.25, 0.3) is 22.5 Å². The highest BCUT2D eigenvalue weighted by molar-refractivity contribution is 6.00. The molecule has 1 aliphatic heterocycles. The second-order valence-electron chi connectivity index (χ2n) is 16.6. The zero-order valence-electron chi connectivity index (χ0n) is 37.0. The molecule has 0 fully saturated rings. The zero-order valence-corrected chi connectivity index (χ0v) is 37.0. The number of nitrogens with two attached hydrogens (primary N) is 2. The van der Waals surface area contributed by atoms with Crippen molar-refractivity contribution in [2.45, 2.75) is 84.0 Å². The Balaban J connectivity index is 1.55. The fourth-order valence-corrected chi connectivity index (χ4v) is 7.42. The van der Waals surface area contributed by atoms with E-state index in [0.29, 0.717) is 17.2 Å². The summed E-state index contributed by atoms with van der Waals surface area (Å²) in [6.07, 6.45) is -0.326. The molecule has 18 heteroatoms. The van der Waals surface area contributed by atoms with Gasteiger partial charge in [0.2, 0.25) is 23.6 Å². The maximum atomic E-state index is 15.6. The van der Waals surface area contributed by atoms with E-state index >= 15 is 4.39 Å². The summed E-state index contributed by atoms with van der Waals surface area (Å²) in [5, 5.41) is 30.5. The number of fused-ring (bicyclic) bond motifs is 5. The molecule has 5 amide bonds. The largest absolute Gasteiger partial charge is 0.504 e. The van der Waals surface area contributed by atoms with Crippen LogP contribution in [0.5, 0.6) is 11.5 Å². The number of hydrogen-bond donors (Lipinski definition) is 7. The highest BCUT2D eigenvalue weighted by atomic mass is 19.1. The first-order valence-corrected chi connectivity index (χ1v) is 20.8. The van der Waals surface area contributed by atoms with Gasteiger partial charge in [-0.05, 0) is 80.1 Å². The summed E-state index contributed by atoms with van der Waals surface area (Å²) in [6, 6.07) is 11.0. The second kappa shape index (κ2) is 20.5. The number of amides is 5. The minimum absolute atomic E-state index is 0.0139. The lowest BCUT2D eigenvalue weighted by Crippen LogP contribution is -2.56. The van der Waals surface area contributed by atoms with Gasteiger partial charge >= 0.3 is 0 Å². The van der Waals surface area contributed by atoms with E-state index < -0.39 is 65.3 Å². The SMILES string of the molecule is Cc1nc(-c2ccc(C(C)(C)C)cc2)nc(C)c1C(=O)NC(CCN)C(=O)N(C)C1C(=O)NC(C)C(=O)NC(C(=O)NCC#N)Cc2cc(F)c(O)c(c2)-c2cc1ccc2OCCN. The average Bonchev–Trinajstić information content (AvgIpc) is 3.24. The topological polar surface area (TPSA) is 268 Å². The van der Waals surface area contributed by atoms with E-state index in [4.69, 9.17) is 21.5 Å². The number of likely N-dealkylation sites (N-methyl/N-ethyl adjacent to an activating group) is 1. The predicted octanol–water partition coefficient (Wildman–Crippen LogP) is 2.74. The van der Waals surface area contributed by atoms with E-state index in [1.54, 1.807) is 19.9 Å². The molecule has 0 radical (unpaired) electrons. The minimum atomic E-state index is -1.52. The quantitative estimate of drug-likeness (QED) is 0.101. The third kappa shape index (κ3) is 11.0. The number of ether oxygens (including phenoxy) is 1. The van der Waals surface area contributed by atoms with Crippen molar-refractivity contribution in [3.05, 3.63) is 94.1 Å². The number of phenols is 1. The van der Waals surface area contributed by atoms with E-state index in [0.717, 1.165) is 22.1 Å². The van der Waals surface area contributed by atoms with Crippen LogP contribution < -0.4 is 37.5 Å². The van der Waals surface area contributed by atoms with Gasteiger partial charge in [0.1, 0.15) is 43.1 Å². The molecule has 3 aromatic carbocycles. The van der Waals surface area contributed by atoms with Gasteiger partial charge in [0.15, 0.2) is 17.4 Å². The van der Waals surface area contributed by atoms with Crippen LogP contribution in [0.4, 0.5) is 4.39 Å². The first kappa shape index (κ1) is 48.1. The van der Waals surface area contributed by atoms with Crippen LogP contribution in [0.3, 0.4) is 0 Å². The van der Waals surface area contributed by atoms with Gasteiger partial charge in [0, 0.05) is 36.7 Å². The molecule has 4 bridgehead atoms. The van der Waals surface area contributed by atoms with Crippen molar-refractivity contribution in [1.82, 2.24) is 36.1 Å². The first-order valence-electron chi connectivity index (χ1n) is 20.8. The van der Waals surface area contributed by atoms with Gasteiger partial charge in [-0.1, -0.05) is 51.1 Å². The lowest BCUT2D eigenvalue weighted by Gasteiger charge is -2.32. The Hall–Kier alpha value is -6.97. The van der Waals surface area contributed by atoms with Gasteiger partial charge < -0.3 is 47.5 Å². The van der Waals surface area contributed by atoms with Crippen LogP contribution in [0.2, 0.25) is 0 Å². The van der Waals surface area contributed by atoms with Gasteiger partial charge in [0.05, 0.1) is 23.0 Å². The number of nitriles is 1. The highest BCUT2D eigenvalue weighted by Gasteiger charge is 2.36. The summed E-state index contributed by atoms with van der Waals surface area (Å²) in [7, 11) is 1.33. The molecule has 4 unspecified atom stereocenters. The van der Waals surface area contributed by atoms with Crippen LogP contribution >= 0.6 is 0 Å². The smallest absolute Gasteiger partial charge is 0.255 e. The Kier molecular flexibility index (Phi) is 15.4. The number of nitrogens with one attached hydrogen (secondary N) is 4. The van der Waals surface area contributed by atoms with Gasteiger partial charge in [0.25, 0.3) is 5.91 Å². The number of carbonyl (C=O) groups is 5. The molecule has 4 atom stereocenters. The zero-order chi connectivity index (χ0) is 47.0. The fraction of sp³-hybridized carbons (Fsp3) is 0.391. The van der Waals surface area contributed by atoms with Gasteiger partial charge in [-0.25, -0.2) is 14.4 Å². The number of phenolic OH excluding ortho intramolecular Hbond substituents is 1. The standard InChI is InChI=1S/C46H55FN10O7/c1-24-37(25(2)53-40(52-24)28-8-11-30(12-9-28)46(4,5)6)43(61)55-34(14-15-48)45(63)57(7)38-29-10-13-36(64-19-17-50)31(23-29)32-20-27(21-33(47)39(32)58)22-35(42(60)51-18-16-49)56-41(59)26(3)54-44(38)62/h8-13,20-21,23,26,34-35,38,58H,14-15,17-19,22,48,50H2,1-7H3,(H,51,60)(H,54,62)(H,55,61)(H,56,59). The molecule has 4 aromatic rings. The summed E-state index contributed by atoms with van der Waals surface area (Å²) < 4.78 is 21.5. The molecule has 1 aliphatic rings. The number of aromatic hydroxyl groups is 1. The monoisotopic (exact) mass is 878 g/mol. The molecule has 2 heterocycles. The normalized spacial score (nSPS) is 16.9. The Labute approximate surface area is 371 Å². The minimum Gasteiger partial charge on any atom is -0.504 e. The van der Waals surface area contributed by atoms with Crippen molar-refractivity contribution in [1.29, 1.82) is 5.26 Å². The number of carbonyl (C=O) groups excluding carboxylic acids is 5. The molecule has 0 aliphatic carbocycles. The molecular weight excluding hydrogens is 824 g/mol. The van der Waals surface area contributed by atoms with Crippen LogP contribution in [0.1, 0.15) is 78.6 Å². The number of hydrogen-bond acceptors (Lipinski definition) is 12. The number of halogens is 1. The molecule has 338 valence electrons. The Bertz CT molecular complexity index is 2440. The Morgan fingerprint density at radius 3 is 2.28 bits per heavy atom. The average molecular weight is 879 g/mol. The third-order valence-corrected chi connectivity index (χ3v) is 10.8. The lowest BCUT2D eigenvalue weighted by molar-refractivity contribution is -0.141. The van der Waals surface area contributed by atoms with Crippen molar-refractivity contribution in [3.63, 3.8) is 0 Å². The predicted molar refractivity (Wildman–Crippen MR) is 236 cm³/mol. The summed E-state index contributed by atoms with van der Waals surface area (Å²) in [4.78, 5) is 80.2. The summed E-state index contributed by atoms with van der Waals surface area (Å²) in [5.41, 5.74) is 14.8. The maximum absolute atomic E-state index is 15.6. The molecule has 9 N–H and O–H groups in total. The van der Waals surface area contributed by atoms with Crippen molar-refractivity contribution in [3.8, 4) is 40.1 Å². The molecule has 0 saturated heterocycles. The molecule has 0 saturated carbocycles. The van der Waals surface area contributed by atoms with Crippen LogP contribution in [0.15, 0.2) is 54.6 Å². The molecule has 64 heavy (non-hydrogen) atoms. The van der Waals surface area contributed by atoms with Crippen molar-refractivity contribution >= 4 is 29.5 Å². The van der Waals surface area contributed by atoms with Crippen LogP contribution in [-0.2, 0) is 31.0 Å². The van der Waals surface area contributed by atoms with Crippen molar-refractivity contribution in [2.24, 2.45) is 11.5 Å². The first-order chi connectivity index (χ1) is 30.3. The van der Waals surface area contributed by atoms with Crippen LogP contribution in [-0.4, -0.2) is 101 Å². The number of nitrogens with zero attached hydrogens (tertiary/aromatic N) is 4. The Morgan fingerprint density at radius 1 is 1.00 bits per heavy atom.